The Morgan fingerprint density at radius 3 is 2.05 bits per heavy atom. The summed E-state index contributed by atoms with van der Waals surface area (Å²) in [7, 11) is 0. The highest BCUT2D eigenvalue weighted by molar-refractivity contribution is 5.82. The fourth-order valence-corrected chi connectivity index (χ4v) is 2.65. The van der Waals surface area contributed by atoms with Crippen LogP contribution in [-0.4, -0.2) is 12.6 Å². The molecule has 0 spiro atoms. The van der Waals surface area contributed by atoms with Gasteiger partial charge < -0.3 is 10.6 Å². The number of rotatable bonds is 2. The van der Waals surface area contributed by atoms with Crippen molar-refractivity contribution < 1.29 is 4.79 Å². The largest absolute Gasteiger partial charge is 0.338 e. The molecule has 2 aromatic rings. The Morgan fingerprint density at radius 2 is 1.53 bits per heavy atom. The number of benzene rings is 2. The van der Waals surface area contributed by atoms with Crippen molar-refractivity contribution in [1.82, 2.24) is 10.6 Å². The van der Waals surface area contributed by atoms with E-state index in [2.05, 4.69) is 34.9 Å². The maximum atomic E-state index is 11.8. The van der Waals surface area contributed by atoms with Crippen LogP contribution in [0.25, 0.3) is 11.1 Å². The zero-order valence-electron chi connectivity index (χ0n) is 10.8. The molecule has 0 aromatic heterocycles. The summed E-state index contributed by atoms with van der Waals surface area (Å²) in [6.45, 7) is 2.54. The van der Waals surface area contributed by atoms with E-state index in [9.17, 15) is 4.79 Å². The molecule has 2 amide bonds. The fraction of sp³-hybridized carbons (Fsp3) is 0.188. The van der Waals surface area contributed by atoms with Gasteiger partial charge in [-0.3, -0.25) is 0 Å². The normalized spacial score (nSPS) is 12.7. The van der Waals surface area contributed by atoms with Gasteiger partial charge in [0.15, 0.2) is 0 Å². The second-order valence-electron chi connectivity index (χ2n) is 4.61. The number of hydrogen-bond donors (Lipinski definition) is 2. The molecule has 96 valence electrons. The molecule has 0 saturated heterocycles. The molecule has 3 nitrogen and oxygen atoms in total. The Kier molecular flexibility index (Phi) is 2.95. The number of fused-ring (bicyclic) bond motifs is 3. The van der Waals surface area contributed by atoms with E-state index in [0.29, 0.717) is 6.54 Å². The van der Waals surface area contributed by atoms with E-state index in [4.69, 9.17) is 0 Å². The van der Waals surface area contributed by atoms with Crippen LogP contribution >= 0.6 is 0 Å². The molecule has 0 fully saturated rings. The highest BCUT2D eigenvalue weighted by Gasteiger charge is 2.28. The first-order valence-corrected chi connectivity index (χ1v) is 6.54. The van der Waals surface area contributed by atoms with Crippen molar-refractivity contribution >= 4 is 6.03 Å². The molecule has 0 radical (unpaired) electrons. The third-order valence-electron chi connectivity index (χ3n) is 3.45. The lowest BCUT2D eigenvalue weighted by molar-refractivity contribution is 0.239. The maximum Gasteiger partial charge on any atom is 0.315 e. The zero-order chi connectivity index (χ0) is 13.2. The molecule has 0 aliphatic heterocycles. The molecule has 19 heavy (non-hydrogen) atoms. The molecule has 0 atom stereocenters. The average Bonchev–Trinajstić information content (AvgIpc) is 2.75. The second-order valence-corrected chi connectivity index (χ2v) is 4.61. The Hall–Kier alpha value is -2.29. The maximum absolute atomic E-state index is 11.8. The number of nitrogens with one attached hydrogen (secondary N) is 2. The predicted molar refractivity (Wildman–Crippen MR) is 75.9 cm³/mol. The third-order valence-corrected chi connectivity index (χ3v) is 3.45. The summed E-state index contributed by atoms with van der Waals surface area (Å²) in [4.78, 5) is 11.8. The van der Waals surface area contributed by atoms with Gasteiger partial charge >= 0.3 is 6.03 Å². The van der Waals surface area contributed by atoms with Crippen LogP contribution in [0.15, 0.2) is 48.5 Å². The Morgan fingerprint density at radius 1 is 1.00 bits per heavy atom. The molecule has 1 aliphatic rings. The van der Waals surface area contributed by atoms with Gasteiger partial charge in [-0.25, -0.2) is 4.79 Å². The molecule has 0 unspecified atom stereocenters. The van der Waals surface area contributed by atoms with E-state index >= 15 is 0 Å². The summed E-state index contributed by atoms with van der Waals surface area (Å²) in [5, 5.41) is 5.83. The van der Waals surface area contributed by atoms with Gasteiger partial charge in [0.2, 0.25) is 0 Å². The number of amides is 2. The Bertz CT molecular complexity index is 576. The molecular weight excluding hydrogens is 236 g/mol. The van der Waals surface area contributed by atoms with Crippen LogP contribution in [0.1, 0.15) is 24.1 Å². The van der Waals surface area contributed by atoms with Crippen molar-refractivity contribution in [1.29, 1.82) is 0 Å². The first-order valence-electron chi connectivity index (χ1n) is 6.54. The molecular formula is C16H16N2O. The van der Waals surface area contributed by atoms with Gasteiger partial charge in [-0.15, -0.1) is 0 Å². The standard InChI is InChI=1S/C16H16N2O/c1-2-17-16(19)18-15-13-9-5-3-7-11(13)12-8-4-6-10-14(12)15/h3-10,15H,2H2,1H3,(H2,17,18,19). The Labute approximate surface area is 112 Å². The van der Waals surface area contributed by atoms with Crippen molar-refractivity contribution in [2.75, 3.05) is 6.54 Å². The van der Waals surface area contributed by atoms with E-state index in [0.717, 1.165) is 11.1 Å². The number of hydrogen-bond acceptors (Lipinski definition) is 1. The molecule has 3 heteroatoms. The van der Waals surface area contributed by atoms with Crippen LogP contribution < -0.4 is 10.6 Å². The van der Waals surface area contributed by atoms with Crippen LogP contribution in [0, 0.1) is 0 Å². The highest BCUT2D eigenvalue weighted by atomic mass is 16.2. The summed E-state index contributed by atoms with van der Waals surface area (Å²) < 4.78 is 0. The van der Waals surface area contributed by atoms with Gasteiger partial charge in [0.05, 0.1) is 6.04 Å². The van der Waals surface area contributed by atoms with Crippen molar-refractivity contribution in [2.24, 2.45) is 0 Å². The zero-order valence-corrected chi connectivity index (χ0v) is 10.8. The van der Waals surface area contributed by atoms with Crippen LogP contribution in [-0.2, 0) is 0 Å². The number of carbonyl (C=O) groups is 1. The first kappa shape index (κ1) is 11.8. The molecule has 0 heterocycles. The van der Waals surface area contributed by atoms with E-state index in [1.54, 1.807) is 0 Å². The monoisotopic (exact) mass is 252 g/mol. The minimum Gasteiger partial charge on any atom is -0.338 e. The van der Waals surface area contributed by atoms with Crippen molar-refractivity contribution in [2.45, 2.75) is 13.0 Å². The SMILES string of the molecule is CCNC(=O)NC1c2ccccc2-c2ccccc21. The van der Waals surface area contributed by atoms with Crippen molar-refractivity contribution in [3.8, 4) is 11.1 Å². The molecule has 2 N–H and O–H groups in total. The van der Waals surface area contributed by atoms with Crippen LogP contribution in [0.4, 0.5) is 4.79 Å². The molecule has 3 rings (SSSR count). The lowest BCUT2D eigenvalue weighted by Crippen LogP contribution is -2.37. The first-order chi connectivity index (χ1) is 9.31. The lowest BCUT2D eigenvalue weighted by Gasteiger charge is -2.16. The van der Waals surface area contributed by atoms with Gasteiger partial charge in [-0.1, -0.05) is 48.5 Å². The molecule has 0 bridgehead atoms. The highest BCUT2D eigenvalue weighted by Crippen LogP contribution is 2.42. The quantitative estimate of drug-likeness (QED) is 0.847. The van der Waals surface area contributed by atoms with Gasteiger partial charge in [0.25, 0.3) is 0 Å². The molecule has 1 aliphatic carbocycles. The van der Waals surface area contributed by atoms with Gasteiger partial charge in [0, 0.05) is 6.54 Å². The van der Waals surface area contributed by atoms with E-state index in [1.165, 1.54) is 11.1 Å². The van der Waals surface area contributed by atoms with E-state index in [1.807, 2.05) is 31.2 Å². The summed E-state index contributed by atoms with van der Waals surface area (Å²) in [6.07, 6.45) is 0. The predicted octanol–water partition coefficient (Wildman–Crippen LogP) is 3.08. The van der Waals surface area contributed by atoms with Crippen LogP contribution in [0.2, 0.25) is 0 Å². The summed E-state index contributed by atoms with van der Waals surface area (Å²) in [5.74, 6) is 0. The van der Waals surface area contributed by atoms with Gasteiger partial charge in [0.1, 0.15) is 0 Å². The summed E-state index contributed by atoms with van der Waals surface area (Å²) in [6, 6.07) is 16.3. The van der Waals surface area contributed by atoms with Gasteiger partial charge in [-0.05, 0) is 29.2 Å². The van der Waals surface area contributed by atoms with Crippen molar-refractivity contribution in [3.05, 3.63) is 59.7 Å². The smallest absolute Gasteiger partial charge is 0.315 e. The lowest BCUT2D eigenvalue weighted by atomic mass is 10.1. The number of carbonyl (C=O) groups excluding carboxylic acids is 1. The van der Waals surface area contributed by atoms with Crippen LogP contribution in [0.3, 0.4) is 0 Å². The summed E-state index contributed by atoms with van der Waals surface area (Å²) >= 11 is 0. The van der Waals surface area contributed by atoms with Crippen LogP contribution in [0.5, 0.6) is 0 Å². The number of urea groups is 1. The topological polar surface area (TPSA) is 41.1 Å². The Balaban J connectivity index is 2.02. The fourth-order valence-electron chi connectivity index (χ4n) is 2.65. The summed E-state index contributed by atoms with van der Waals surface area (Å²) in [5.41, 5.74) is 4.74. The average molecular weight is 252 g/mol. The van der Waals surface area contributed by atoms with Gasteiger partial charge in [-0.2, -0.15) is 0 Å². The van der Waals surface area contributed by atoms with E-state index in [-0.39, 0.29) is 12.1 Å². The third kappa shape index (κ3) is 1.97. The minimum absolute atomic E-state index is 0.0565. The second kappa shape index (κ2) is 4.76. The minimum atomic E-state index is -0.126. The molecule has 2 aromatic carbocycles. The molecule has 0 saturated carbocycles. The van der Waals surface area contributed by atoms with Crippen molar-refractivity contribution in [3.63, 3.8) is 0 Å². The van der Waals surface area contributed by atoms with E-state index < -0.39 is 0 Å².